The largest absolute Gasteiger partial charge is 0.480 e. The molecule has 0 spiro atoms. The number of benzene rings is 2. The molecule has 0 radical (unpaired) electrons. The second kappa shape index (κ2) is 12.5. The number of carboxylic acid groups (broad SMARTS) is 1. The predicted molar refractivity (Wildman–Crippen MR) is 152 cm³/mol. The molecule has 13 heteroatoms. The molecule has 1 aliphatic rings. The van der Waals surface area contributed by atoms with Gasteiger partial charge in [-0.25, -0.2) is 8.42 Å². The number of hydrogen-bond donors (Lipinski definition) is 6. The molecular weight excluding hydrogens is 534 g/mol. The monoisotopic (exact) mass is 569 g/mol. The van der Waals surface area contributed by atoms with Gasteiger partial charge < -0.3 is 21.1 Å². The predicted octanol–water partition coefficient (Wildman–Crippen LogP) is 1.74. The number of rotatable bonds is 11. The van der Waals surface area contributed by atoms with Crippen LogP contribution in [0.25, 0.3) is 10.9 Å². The van der Waals surface area contributed by atoms with Crippen LogP contribution in [0.15, 0.2) is 46.4 Å². The Bertz CT molecular complexity index is 1510. The second-order valence-electron chi connectivity index (χ2n) is 10.00. The summed E-state index contributed by atoms with van der Waals surface area (Å²) in [6.07, 6.45) is 3.16. The fourth-order valence-electron chi connectivity index (χ4n) is 4.96. The van der Waals surface area contributed by atoms with Crippen molar-refractivity contribution in [2.24, 2.45) is 4.99 Å². The maximum absolute atomic E-state index is 13.5. The highest BCUT2D eigenvalue weighted by atomic mass is 32.2. The molecular formula is C27H35N7O5S. The Hall–Kier alpha value is -3.97. The van der Waals surface area contributed by atoms with Crippen LogP contribution in [0, 0.1) is 20.8 Å². The van der Waals surface area contributed by atoms with E-state index >= 15 is 0 Å². The number of carboxylic acids is 1. The van der Waals surface area contributed by atoms with E-state index < -0.39 is 34.0 Å². The van der Waals surface area contributed by atoms with Crippen molar-refractivity contribution in [3.8, 4) is 0 Å². The number of aromatic amines is 1. The second-order valence-corrected chi connectivity index (χ2v) is 11.6. The molecule has 2 unspecified atom stereocenters. The van der Waals surface area contributed by atoms with E-state index in [1.807, 2.05) is 6.92 Å². The molecule has 3 aromatic rings. The van der Waals surface area contributed by atoms with Gasteiger partial charge >= 0.3 is 5.97 Å². The fourth-order valence-corrected chi connectivity index (χ4v) is 6.64. The molecule has 214 valence electrons. The number of guanidine groups is 1. The zero-order valence-electron chi connectivity index (χ0n) is 22.7. The van der Waals surface area contributed by atoms with Crippen molar-refractivity contribution in [1.82, 2.24) is 30.9 Å². The van der Waals surface area contributed by atoms with Crippen LogP contribution in [0.3, 0.4) is 0 Å². The minimum absolute atomic E-state index is 0.0305. The summed E-state index contributed by atoms with van der Waals surface area (Å²) < 4.78 is 29.3. The first kappa shape index (κ1) is 29.0. The highest BCUT2D eigenvalue weighted by Crippen LogP contribution is 2.23. The lowest BCUT2D eigenvalue weighted by Gasteiger charge is -2.27. The van der Waals surface area contributed by atoms with E-state index in [2.05, 4.69) is 35.9 Å². The number of aliphatic imine (C=N–C) groups is 1. The van der Waals surface area contributed by atoms with Crippen molar-refractivity contribution >= 4 is 38.8 Å². The average molecular weight is 570 g/mol. The maximum Gasteiger partial charge on any atom is 0.323 e. The Morgan fingerprint density at radius 2 is 1.88 bits per heavy atom. The number of aryl methyl sites for hydroxylation is 3. The fraction of sp³-hybridized carbons (Fsp3) is 0.407. The van der Waals surface area contributed by atoms with Crippen LogP contribution in [0.2, 0.25) is 0 Å². The molecule has 0 saturated heterocycles. The van der Waals surface area contributed by atoms with Crippen LogP contribution in [0.4, 0.5) is 0 Å². The summed E-state index contributed by atoms with van der Waals surface area (Å²) in [6.45, 7) is 7.18. The van der Waals surface area contributed by atoms with Crippen molar-refractivity contribution in [1.29, 1.82) is 0 Å². The molecule has 1 amide bonds. The Morgan fingerprint density at radius 1 is 1.12 bits per heavy atom. The molecule has 2 aromatic carbocycles. The number of fused-ring (bicyclic) bond motifs is 1. The Balaban J connectivity index is 1.57. The van der Waals surface area contributed by atoms with Gasteiger partial charge in [0.2, 0.25) is 10.0 Å². The molecule has 1 aromatic heterocycles. The van der Waals surface area contributed by atoms with E-state index in [1.54, 1.807) is 50.4 Å². The summed E-state index contributed by atoms with van der Waals surface area (Å²) in [6, 6.07) is 5.74. The highest BCUT2D eigenvalue weighted by Gasteiger charge is 2.35. The Morgan fingerprint density at radius 3 is 2.55 bits per heavy atom. The van der Waals surface area contributed by atoms with Crippen LogP contribution in [-0.4, -0.2) is 73.3 Å². The van der Waals surface area contributed by atoms with E-state index in [-0.39, 0.29) is 11.3 Å². The van der Waals surface area contributed by atoms with Crippen molar-refractivity contribution in [3.05, 3.63) is 58.8 Å². The molecule has 0 aliphatic carbocycles. The normalized spacial score (nSPS) is 15.1. The van der Waals surface area contributed by atoms with Gasteiger partial charge in [-0.3, -0.25) is 19.7 Å². The third-order valence-corrected chi connectivity index (χ3v) is 8.47. The number of aliphatic carboxylic acids is 1. The van der Waals surface area contributed by atoms with Gasteiger partial charge in [-0.2, -0.15) is 9.82 Å². The first-order chi connectivity index (χ1) is 19.0. The van der Waals surface area contributed by atoms with Crippen molar-refractivity contribution < 1.29 is 23.1 Å². The number of carbonyl (C=O) groups is 2. The van der Waals surface area contributed by atoms with Crippen LogP contribution < -0.4 is 20.7 Å². The summed E-state index contributed by atoms with van der Waals surface area (Å²) >= 11 is 0. The van der Waals surface area contributed by atoms with Crippen LogP contribution in [0.1, 0.15) is 46.3 Å². The lowest BCUT2D eigenvalue weighted by molar-refractivity contribution is -0.139. The summed E-state index contributed by atoms with van der Waals surface area (Å²) in [5, 5.41) is 26.7. The van der Waals surface area contributed by atoms with E-state index in [1.165, 1.54) is 0 Å². The van der Waals surface area contributed by atoms with Crippen LogP contribution in [0.5, 0.6) is 0 Å². The minimum atomic E-state index is -4.24. The first-order valence-corrected chi connectivity index (χ1v) is 14.6. The summed E-state index contributed by atoms with van der Waals surface area (Å²) in [5.74, 6) is -1.25. The van der Waals surface area contributed by atoms with E-state index in [0.717, 1.165) is 36.0 Å². The van der Waals surface area contributed by atoms with Crippen molar-refractivity contribution in [2.75, 3.05) is 19.6 Å². The number of nitrogens with zero attached hydrogens (tertiary/aromatic N) is 2. The summed E-state index contributed by atoms with van der Waals surface area (Å²) in [5.41, 5.74) is 2.96. The number of amides is 1. The van der Waals surface area contributed by atoms with Gasteiger partial charge in [-0.1, -0.05) is 17.7 Å². The smallest absolute Gasteiger partial charge is 0.323 e. The number of sulfonamides is 1. The zero-order valence-corrected chi connectivity index (χ0v) is 23.6. The van der Waals surface area contributed by atoms with E-state index in [4.69, 9.17) is 0 Å². The van der Waals surface area contributed by atoms with Gasteiger partial charge in [0.05, 0.1) is 22.7 Å². The van der Waals surface area contributed by atoms with Crippen LogP contribution in [-0.2, 0) is 14.8 Å². The molecule has 12 nitrogen and oxygen atoms in total. The van der Waals surface area contributed by atoms with Gasteiger partial charge in [0.25, 0.3) is 5.91 Å². The standard InChI is InChI=1S/C27H35N7O5S/c1-16-12-17(2)24(18(3)13-16)40(38,39)34-23(26(36)37)22(6-4-9-28-27-29-10-5-11-30-27)32-25(35)19-7-8-21-20(14-19)15-31-33-21/h7-8,12-15,22-23,34H,4-6,9-11H2,1-3H3,(H,31,33)(H,32,35)(H,36,37)(H2,28,29,30). The molecule has 0 bridgehead atoms. The topological polar surface area (TPSA) is 178 Å². The van der Waals surface area contributed by atoms with E-state index in [9.17, 15) is 23.1 Å². The van der Waals surface area contributed by atoms with Gasteiger partial charge in [0.15, 0.2) is 5.96 Å². The SMILES string of the molecule is Cc1cc(C)c(S(=O)(=O)NC(C(=O)O)C(CCCNC2=NCCCN2)NC(=O)c2ccc3[nH]ncc3c2)c(C)c1. The lowest BCUT2D eigenvalue weighted by Crippen LogP contribution is -2.55. The quantitative estimate of drug-likeness (QED) is 0.189. The molecule has 1 aliphatic heterocycles. The average Bonchev–Trinajstić information content (AvgIpc) is 3.37. The van der Waals surface area contributed by atoms with Crippen molar-refractivity contribution in [3.63, 3.8) is 0 Å². The molecule has 6 N–H and O–H groups in total. The van der Waals surface area contributed by atoms with Crippen molar-refractivity contribution in [2.45, 2.75) is 57.0 Å². The number of hydrogen-bond acceptors (Lipinski definition) is 8. The molecule has 0 fully saturated rings. The number of H-pyrrole nitrogens is 1. The first-order valence-electron chi connectivity index (χ1n) is 13.1. The van der Waals surface area contributed by atoms with Gasteiger partial charge in [0, 0.05) is 30.6 Å². The van der Waals surface area contributed by atoms with E-state index in [0.29, 0.717) is 35.6 Å². The summed E-state index contributed by atoms with van der Waals surface area (Å²) in [4.78, 5) is 30.1. The molecule has 2 atom stereocenters. The number of nitrogens with one attached hydrogen (secondary N) is 5. The lowest BCUT2D eigenvalue weighted by atomic mass is 10.0. The highest BCUT2D eigenvalue weighted by molar-refractivity contribution is 7.89. The van der Waals surface area contributed by atoms with Gasteiger partial charge in [-0.15, -0.1) is 0 Å². The number of aromatic nitrogens is 2. The molecule has 2 heterocycles. The van der Waals surface area contributed by atoms with Gasteiger partial charge in [0.1, 0.15) is 6.04 Å². The molecule has 0 saturated carbocycles. The maximum atomic E-state index is 13.5. The summed E-state index contributed by atoms with van der Waals surface area (Å²) in [7, 11) is -4.24. The molecule has 4 rings (SSSR count). The Labute approximate surface area is 233 Å². The minimum Gasteiger partial charge on any atom is -0.480 e. The zero-order chi connectivity index (χ0) is 28.9. The van der Waals surface area contributed by atoms with Crippen LogP contribution >= 0.6 is 0 Å². The third kappa shape index (κ3) is 6.96. The molecule has 40 heavy (non-hydrogen) atoms. The Kier molecular flexibility index (Phi) is 9.05. The third-order valence-electron chi connectivity index (χ3n) is 6.72. The number of carbonyl (C=O) groups excluding carboxylic acids is 1. The van der Waals surface area contributed by atoms with Gasteiger partial charge in [-0.05, 0) is 69.4 Å².